The zero-order chi connectivity index (χ0) is 19.4. The van der Waals surface area contributed by atoms with E-state index >= 15 is 0 Å². The van der Waals surface area contributed by atoms with Crippen LogP contribution in [0.25, 0.3) is 5.82 Å². The highest BCUT2D eigenvalue weighted by molar-refractivity contribution is 9.10. The number of halogens is 1. The van der Waals surface area contributed by atoms with Gasteiger partial charge in [0.2, 0.25) is 11.6 Å². The fourth-order valence-corrected chi connectivity index (χ4v) is 2.65. The summed E-state index contributed by atoms with van der Waals surface area (Å²) in [6.07, 6.45) is 1.53. The largest absolute Gasteiger partial charge is 0.378 e. The molecule has 0 saturated heterocycles. The maximum Gasteiger partial charge on any atom is 0.293 e. The molecule has 0 saturated carbocycles. The van der Waals surface area contributed by atoms with Gasteiger partial charge in [-0.1, -0.05) is 33.3 Å². The number of carbonyl (C=O) groups excluding carboxylic acids is 1. The summed E-state index contributed by atoms with van der Waals surface area (Å²) in [4.78, 5) is 14.4. The van der Waals surface area contributed by atoms with Crippen LogP contribution in [0.2, 0.25) is 0 Å². The summed E-state index contributed by atoms with van der Waals surface area (Å²) in [5, 5.41) is 19.1. The molecule has 11 nitrogen and oxygen atoms in total. The minimum absolute atomic E-state index is 0.0412. The Morgan fingerprint density at radius 2 is 2.26 bits per heavy atom. The SMILES string of the molecule is CN(C)Cc1c(C(=O)N/N=C/c2cccc(Br)c2)nnn1-c1nonc1N. The minimum atomic E-state index is -0.514. The minimum Gasteiger partial charge on any atom is -0.378 e. The number of nitrogens with two attached hydrogens (primary N) is 1. The van der Waals surface area contributed by atoms with Crippen LogP contribution in [0, 0.1) is 0 Å². The van der Waals surface area contributed by atoms with E-state index in [9.17, 15) is 4.79 Å². The van der Waals surface area contributed by atoms with Crippen LogP contribution in [0.5, 0.6) is 0 Å². The monoisotopic (exact) mass is 433 g/mol. The molecular formula is C15H16BrN9O2. The Morgan fingerprint density at radius 1 is 1.44 bits per heavy atom. The normalized spacial score (nSPS) is 11.4. The molecule has 3 rings (SSSR count). The number of nitrogen functional groups attached to an aromatic ring is 1. The Bertz CT molecular complexity index is 979. The van der Waals surface area contributed by atoms with Gasteiger partial charge in [0.1, 0.15) is 0 Å². The highest BCUT2D eigenvalue weighted by atomic mass is 79.9. The van der Waals surface area contributed by atoms with E-state index in [0.29, 0.717) is 12.2 Å². The second kappa shape index (κ2) is 8.05. The van der Waals surface area contributed by atoms with Crippen molar-refractivity contribution >= 4 is 33.9 Å². The number of hydrogen-bond donors (Lipinski definition) is 2. The van der Waals surface area contributed by atoms with Crippen LogP contribution in [0.4, 0.5) is 5.82 Å². The standard InChI is InChI=1S/C15H16BrN9O2/c1-24(2)8-11-12(19-23-25(11)14-13(17)21-27-22-14)15(26)20-18-7-9-4-3-5-10(16)6-9/h3-7H,8H2,1-2H3,(H2,17,21)(H,20,26)/b18-7+. The number of benzene rings is 1. The number of aromatic nitrogens is 5. The topological polar surface area (TPSA) is 140 Å². The van der Waals surface area contributed by atoms with Gasteiger partial charge in [-0.25, -0.2) is 10.1 Å². The number of hydrogen-bond acceptors (Lipinski definition) is 9. The van der Waals surface area contributed by atoms with Gasteiger partial charge in [0.15, 0.2) is 5.69 Å². The number of hydrazone groups is 1. The van der Waals surface area contributed by atoms with Crippen LogP contribution in [-0.2, 0) is 6.54 Å². The van der Waals surface area contributed by atoms with Crippen molar-refractivity contribution in [3.8, 4) is 5.82 Å². The molecule has 1 amide bonds. The number of nitrogens with zero attached hydrogens (tertiary/aromatic N) is 7. The van der Waals surface area contributed by atoms with E-state index in [1.165, 1.54) is 10.9 Å². The summed E-state index contributed by atoms with van der Waals surface area (Å²) >= 11 is 3.38. The maximum absolute atomic E-state index is 12.5. The van der Waals surface area contributed by atoms with Crippen molar-refractivity contribution in [2.45, 2.75) is 6.54 Å². The highest BCUT2D eigenvalue weighted by Gasteiger charge is 2.24. The molecule has 0 aliphatic heterocycles. The van der Waals surface area contributed by atoms with Crippen molar-refractivity contribution in [3.63, 3.8) is 0 Å². The Labute approximate surface area is 162 Å². The summed E-state index contributed by atoms with van der Waals surface area (Å²) in [6.45, 7) is 0.359. The molecular weight excluding hydrogens is 418 g/mol. The first-order valence-corrected chi connectivity index (χ1v) is 8.51. The predicted octanol–water partition coefficient (Wildman–Crippen LogP) is 0.821. The van der Waals surface area contributed by atoms with Gasteiger partial charge >= 0.3 is 0 Å². The molecule has 0 aliphatic rings. The van der Waals surface area contributed by atoms with Crippen molar-refractivity contribution < 1.29 is 9.42 Å². The van der Waals surface area contributed by atoms with Gasteiger partial charge in [0.25, 0.3) is 5.91 Å². The molecule has 1 aromatic carbocycles. The van der Waals surface area contributed by atoms with Gasteiger partial charge in [-0.05, 0) is 42.1 Å². The van der Waals surface area contributed by atoms with Crippen LogP contribution in [0.3, 0.4) is 0 Å². The summed E-state index contributed by atoms with van der Waals surface area (Å²) < 4.78 is 6.83. The molecule has 3 N–H and O–H groups in total. The van der Waals surface area contributed by atoms with E-state index in [1.807, 2.05) is 43.3 Å². The second-order valence-electron chi connectivity index (χ2n) is 5.76. The van der Waals surface area contributed by atoms with E-state index < -0.39 is 5.91 Å². The fraction of sp³-hybridized carbons (Fsp3) is 0.200. The molecule has 2 heterocycles. The van der Waals surface area contributed by atoms with E-state index in [-0.39, 0.29) is 17.3 Å². The number of carbonyl (C=O) groups is 1. The first-order chi connectivity index (χ1) is 13.0. The second-order valence-corrected chi connectivity index (χ2v) is 6.68. The molecule has 0 bridgehead atoms. The molecule has 0 aliphatic carbocycles. The number of rotatable bonds is 6. The Kier molecular flexibility index (Phi) is 5.57. The molecule has 0 radical (unpaired) electrons. The zero-order valence-electron chi connectivity index (χ0n) is 14.5. The van der Waals surface area contributed by atoms with Crippen molar-refractivity contribution in [2.75, 3.05) is 19.8 Å². The zero-order valence-corrected chi connectivity index (χ0v) is 16.1. The highest BCUT2D eigenvalue weighted by Crippen LogP contribution is 2.16. The van der Waals surface area contributed by atoms with Crippen molar-refractivity contribution in [2.24, 2.45) is 5.10 Å². The van der Waals surface area contributed by atoms with Crippen LogP contribution in [0.15, 0.2) is 38.5 Å². The summed E-state index contributed by atoms with van der Waals surface area (Å²) in [5.41, 5.74) is 9.55. The van der Waals surface area contributed by atoms with Crippen LogP contribution in [0.1, 0.15) is 21.7 Å². The third kappa shape index (κ3) is 4.35. The lowest BCUT2D eigenvalue weighted by Crippen LogP contribution is -2.23. The first kappa shape index (κ1) is 18.7. The van der Waals surface area contributed by atoms with Gasteiger partial charge in [-0.3, -0.25) is 4.79 Å². The summed E-state index contributed by atoms with van der Waals surface area (Å²) in [5.74, 6) is -0.310. The van der Waals surface area contributed by atoms with E-state index in [1.54, 1.807) is 0 Å². The Morgan fingerprint density at radius 3 is 2.93 bits per heavy atom. The number of anilines is 1. The third-order valence-electron chi connectivity index (χ3n) is 3.37. The van der Waals surface area contributed by atoms with Crippen LogP contribution >= 0.6 is 15.9 Å². The fourth-order valence-electron chi connectivity index (χ4n) is 2.23. The average molecular weight is 434 g/mol. The van der Waals surface area contributed by atoms with Crippen molar-refractivity contribution in [1.82, 2.24) is 35.6 Å². The number of nitrogens with one attached hydrogen (secondary N) is 1. The quantitative estimate of drug-likeness (QED) is 0.429. The molecule has 0 spiro atoms. The molecule has 2 aromatic heterocycles. The molecule has 0 fully saturated rings. The molecule has 140 valence electrons. The smallest absolute Gasteiger partial charge is 0.293 e. The lowest BCUT2D eigenvalue weighted by molar-refractivity contribution is 0.0948. The molecule has 27 heavy (non-hydrogen) atoms. The van der Waals surface area contributed by atoms with Crippen LogP contribution < -0.4 is 11.2 Å². The Balaban J connectivity index is 1.84. The van der Waals surface area contributed by atoms with Gasteiger partial charge in [-0.2, -0.15) is 9.78 Å². The van der Waals surface area contributed by atoms with Crippen molar-refractivity contribution in [1.29, 1.82) is 0 Å². The lowest BCUT2D eigenvalue weighted by atomic mass is 10.2. The summed E-state index contributed by atoms with van der Waals surface area (Å²) in [7, 11) is 3.68. The van der Waals surface area contributed by atoms with Crippen molar-refractivity contribution in [3.05, 3.63) is 45.7 Å². The first-order valence-electron chi connectivity index (χ1n) is 7.72. The molecule has 0 unspecified atom stereocenters. The Hall–Kier alpha value is -3.12. The predicted molar refractivity (Wildman–Crippen MR) is 100 cm³/mol. The van der Waals surface area contributed by atoms with E-state index in [2.05, 4.69) is 51.7 Å². The van der Waals surface area contributed by atoms with Gasteiger partial charge < -0.3 is 10.6 Å². The third-order valence-corrected chi connectivity index (χ3v) is 3.86. The van der Waals surface area contributed by atoms with Gasteiger partial charge in [-0.15, -0.1) is 5.10 Å². The van der Waals surface area contributed by atoms with Crippen LogP contribution in [-0.4, -0.2) is 56.4 Å². The van der Waals surface area contributed by atoms with E-state index in [4.69, 9.17) is 5.73 Å². The number of amides is 1. The van der Waals surface area contributed by atoms with E-state index in [0.717, 1.165) is 10.0 Å². The van der Waals surface area contributed by atoms with Gasteiger partial charge in [0.05, 0.1) is 11.9 Å². The summed E-state index contributed by atoms with van der Waals surface area (Å²) in [6, 6.07) is 7.48. The lowest BCUT2D eigenvalue weighted by Gasteiger charge is -2.11. The maximum atomic E-state index is 12.5. The molecule has 3 aromatic rings. The molecule has 0 atom stereocenters. The molecule has 12 heteroatoms. The average Bonchev–Trinajstić information content (AvgIpc) is 3.20. The van der Waals surface area contributed by atoms with Gasteiger partial charge in [0, 0.05) is 11.0 Å².